The van der Waals surface area contributed by atoms with Gasteiger partial charge in [0.15, 0.2) is 0 Å². The highest BCUT2D eigenvalue weighted by molar-refractivity contribution is 6.00. The van der Waals surface area contributed by atoms with Crippen LogP contribution in [0, 0.1) is 17.8 Å². The first-order chi connectivity index (χ1) is 10.9. The van der Waals surface area contributed by atoms with E-state index in [2.05, 4.69) is 6.58 Å². The summed E-state index contributed by atoms with van der Waals surface area (Å²) in [4.78, 5) is 26.3. The quantitative estimate of drug-likeness (QED) is 0.326. The number of rotatable bonds is 7. The van der Waals surface area contributed by atoms with Gasteiger partial charge in [-0.3, -0.25) is 4.79 Å². The van der Waals surface area contributed by atoms with Crippen molar-refractivity contribution in [3.8, 4) is 0 Å². The maximum absolute atomic E-state index is 12.4. The molecule has 0 aliphatic carbocycles. The summed E-state index contributed by atoms with van der Waals surface area (Å²) >= 11 is 0. The molecule has 0 spiro atoms. The molecular weight excluding hydrogens is 298 g/mol. The SMILES string of the molecule is C=CCOC(=O)C1=C(C(CN)CN)C(C)[C@@H]2[C@@H]([C@@H](C)O)C(=O)N12. The number of fused-ring (bicyclic) bond motifs is 1. The third kappa shape index (κ3) is 2.69. The Kier molecular flexibility index (Phi) is 5.23. The minimum atomic E-state index is -0.773. The zero-order chi connectivity index (χ0) is 17.3. The molecule has 0 aromatic carbocycles. The van der Waals surface area contributed by atoms with Crippen LogP contribution in [0.25, 0.3) is 0 Å². The summed E-state index contributed by atoms with van der Waals surface area (Å²) in [5, 5.41) is 9.87. The Labute approximate surface area is 135 Å². The van der Waals surface area contributed by atoms with Crippen molar-refractivity contribution >= 4 is 11.9 Å². The summed E-state index contributed by atoms with van der Waals surface area (Å²) in [6.07, 6.45) is 0.693. The first kappa shape index (κ1) is 17.7. The predicted octanol–water partition coefficient (Wildman–Crippen LogP) is -0.639. The van der Waals surface area contributed by atoms with Crippen molar-refractivity contribution < 1.29 is 19.4 Å². The first-order valence-electron chi connectivity index (χ1n) is 7.83. The van der Waals surface area contributed by atoms with Gasteiger partial charge < -0.3 is 26.2 Å². The Hall–Kier alpha value is -1.70. The first-order valence-corrected chi connectivity index (χ1v) is 7.83. The fourth-order valence-electron chi connectivity index (χ4n) is 3.69. The molecular formula is C16H25N3O4. The standard InChI is InChI=1S/C16H25N3O4/c1-4-5-23-16(22)14-11(10(6-17)7-18)8(2)13-12(9(3)20)15(21)19(13)14/h4,8-10,12-13,20H,1,5-7,17-18H2,2-3H3/t8?,9-,12-,13-/m1/s1. The number of aliphatic hydroxyl groups is 1. The molecule has 7 nitrogen and oxygen atoms in total. The Balaban J connectivity index is 2.43. The van der Waals surface area contributed by atoms with Gasteiger partial charge in [0.2, 0.25) is 5.91 Å². The summed E-state index contributed by atoms with van der Waals surface area (Å²) in [5.41, 5.74) is 12.6. The third-order valence-electron chi connectivity index (χ3n) is 4.76. The molecule has 0 aromatic rings. The summed E-state index contributed by atoms with van der Waals surface area (Å²) in [5.74, 6) is -1.65. The second-order valence-corrected chi connectivity index (χ2v) is 6.11. The molecule has 5 N–H and O–H groups in total. The molecule has 1 fully saturated rings. The van der Waals surface area contributed by atoms with Crippen molar-refractivity contribution in [2.75, 3.05) is 19.7 Å². The van der Waals surface area contributed by atoms with E-state index in [1.165, 1.54) is 11.0 Å². The molecule has 128 valence electrons. The highest BCUT2D eigenvalue weighted by Crippen LogP contribution is 2.49. The fraction of sp³-hybridized carbons (Fsp3) is 0.625. The summed E-state index contributed by atoms with van der Waals surface area (Å²) < 4.78 is 5.14. The van der Waals surface area contributed by atoms with Crippen molar-refractivity contribution in [3.63, 3.8) is 0 Å². The Morgan fingerprint density at radius 3 is 2.57 bits per heavy atom. The number of nitrogens with zero attached hydrogens (tertiary/aromatic N) is 1. The Bertz CT molecular complexity index is 539. The number of nitrogens with two attached hydrogens (primary N) is 2. The van der Waals surface area contributed by atoms with Gasteiger partial charge in [0.1, 0.15) is 12.3 Å². The molecule has 1 unspecified atom stereocenters. The highest BCUT2D eigenvalue weighted by atomic mass is 16.5. The zero-order valence-electron chi connectivity index (χ0n) is 13.6. The minimum Gasteiger partial charge on any atom is -0.457 e. The van der Waals surface area contributed by atoms with Gasteiger partial charge in [0.25, 0.3) is 0 Å². The van der Waals surface area contributed by atoms with E-state index in [-0.39, 0.29) is 49.2 Å². The maximum Gasteiger partial charge on any atom is 0.355 e. The Morgan fingerprint density at radius 2 is 2.09 bits per heavy atom. The van der Waals surface area contributed by atoms with Crippen LogP contribution in [0.4, 0.5) is 0 Å². The van der Waals surface area contributed by atoms with Crippen LogP contribution in [-0.2, 0) is 14.3 Å². The van der Waals surface area contributed by atoms with Crippen LogP contribution >= 0.6 is 0 Å². The van der Waals surface area contributed by atoms with Crippen LogP contribution < -0.4 is 11.5 Å². The van der Waals surface area contributed by atoms with Gasteiger partial charge in [-0.1, -0.05) is 19.6 Å². The molecule has 1 amide bonds. The molecule has 2 aliphatic heterocycles. The second kappa shape index (κ2) is 6.82. The molecule has 23 heavy (non-hydrogen) atoms. The number of amides is 1. The minimum absolute atomic E-state index is 0.0619. The summed E-state index contributed by atoms with van der Waals surface area (Å²) in [6.45, 7) is 7.65. The van der Waals surface area contributed by atoms with E-state index in [9.17, 15) is 14.7 Å². The lowest BCUT2D eigenvalue weighted by atomic mass is 9.76. The number of aliphatic hydroxyl groups excluding tert-OH is 1. The monoisotopic (exact) mass is 323 g/mol. The molecule has 1 saturated heterocycles. The van der Waals surface area contributed by atoms with Gasteiger partial charge in [-0.2, -0.15) is 0 Å². The highest BCUT2D eigenvalue weighted by Gasteiger charge is 2.60. The molecule has 4 atom stereocenters. The zero-order valence-corrected chi connectivity index (χ0v) is 13.6. The van der Waals surface area contributed by atoms with Gasteiger partial charge >= 0.3 is 5.97 Å². The number of carbonyl (C=O) groups is 2. The van der Waals surface area contributed by atoms with Crippen molar-refractivity contribution in [2.45, 2.75) is 26.0 Å². The number of carbonyl (C=O) groups excluding carboxylic acids is 2. The number of β-lactam (4-membered cyclic amide) rings is 1. The Morgan fingerprint density at radius 1 is 1.48 bits per heavy atom. The van der Waals surface area contributed by atoms with Gasteiger partial charge in [0.05, 0.1) is 18.1 Å². The van der Waals surface area contributed by atoms with E-state index in [1.807, 2.05) is 6.92 Å². The van der Waals surface area contributed by atoms with Crippen molar-refractivity contribution in [3.05, 3.63) is 23.9 Å². The van der Waals surface area contributed by atoms with Crippen LogP contribution in [0.15, 0.2) is 23.9 Å². The molecule has 2 rings (SSSR count). The van der Waals surface area contributed by atoms with E-state index in [0.717, 1.165) is 5.57 Å². The lowest BCUT2D eigenvalue weighted by Crippen LogP contribution is -2.63. The van der Waals surface area contributed by atoms with Crippen LogP contribution in [0.5, 0.6) is 0 Å². The maximum atomic E-state index is 12.4. The molecule has 2 aliphatic rings. The van der Waals surface area contributed by atoms with Crippen LogP contribution in [0.3, 0.4) is 0 Å². The molecule has 0 bridgehead atoms. The molecule has 2 heterocycles. The van der Waals surface area contributed by atoms with E-state index >= 15 is 0 Å². The van der Waals surface area contributed by atoms with Crippen LogP contribution in [0.2, 0.25) is 0 Å². The van der Waals surface area contributed by atoms with Gasteiger partial charge in [0, 0.05) is 24.9 Å². The number of hydrogen-bond acceptors (Lipinski definition) is 6. The van der Waals surface area contributed by atoms with Gasteiger partial charge in [-0.15, -0.1) is 0 Å². The number of hydrogen-bond donors (Lipinski definition) is 3. The van der Waals surface area contributed by atoms with Crippen molar-refractivity contribution in [2.24, 2.45) is 29.2 Å². The smallest absolute Gasteiger partial charge is 0.355 e. The largest absolute Gasteiger partial charge is 0.457 e. The summed E-state index contributed by atoms with van der Waals surface area (Å²) in [6, 6.07) is -0.246. The normalized spacial score (nSPS) is 27.8. The van der Waals surface area contributed by atoms with E-state index < -0.39 is 18.0 Å². The topological polar surface area (TPSA) is 119 Å². The summed E-state index contributed by atoms with van der Waals surface area (Å²) in [7, 11) is 0. The average molecular weight is 323 g/mol. The second-order valence-electron chi connectivity index (χ2n) is 6.11. The van der Waals surface area contributed by atoms with E-state index in [4.69, 9.17) is 16.2 Å². The number of esters is 1. The molecule has 0 aromatic heterocycles. The predicted molar refractivity (Wildman–Crippen MR) is 84.7 cm³/mol. The fourth-order valence-corrected chi connectivity index (χ4v) is 3.69. The van der Waals surface area contributed by atoms with E-state index in [0.29, 0.717) is 0 Å². The van der Waals surface area contributed by atoms with Gasteiger partial charge in [-0.25, -0.2) is 4.79 Å². The molecule has 0 radical (unpaired) electrons. The van der Waals surface area contributed by atoms with E-state index in [1.54, 1.807) is 6.92 Å². The lowest BCUT2D eigenvalue weighted by Gasteiger charge is -2.46. The van der Waals surface area contributed by atoms with Gasteiger partial charge in [-0.05, 0) is 12.5 Å². The van der Waals surface area contributed by atoms with Crippen molar-refractivity contribution in [1.29, 1.82) is 0 Å². The molecule has 0 saturated carbocycles. The van der Waals surface area contributed by atoms with Crippen molar-refractivity contribution in [1.82, 2.24) is 4.90 Å². The van der Waals surface area contributed by atoms with Crippen LogP contribution in [-0.4, -0.2) is 53.7 Å². The number of ether oxygens (including phenoxy) is 1. The molecule has 7 heteroatoms. The lowest BCUT2D eigenvalue weighted by molar-refractivity contribution is -0.164. The van der Waals surface area contributed by atoms with Crippen LogP contribution in [0.1, 0.15) is 13.8 Å². The third-order valence-corrected chi connectivity index (χ3v) is 4.76. The average Bonchev–Trinajstić information content (AvgIpc) is 2.76.